The number of nitrogens with two attached hydrogens (primary N) is 1. The summed E-state index contributed by atoms with van der Waals surface area (Å²) in [7, 11) is 0. The number of hydrogen-bond acceptors (Lipinski definition) is 3. The fourth-order valence-electron chi connectivity index (χ4n) is 1.91. The van der Waals surface area contributed by atoms with Crippen LogP contribution in [0.25, 0.3) is 0 Å². The van der Waals surface area contributed by atoms with E-state index in [9.17, 15) is 4.39 Å². The highest BCUT2D eigenvalue weighted by Crippen LogP contribution is 2.26. The van der Waals surface area contributed by atoms with Gasteiger partial charge in [0, 0.05) is 19.2 Å². The molecule has 1 atom stereocenters. The Hall–Kier alpha value is -0.810. The molecule has 0 saturated carbocycles. The zero-order chi connectivity index (χ0) is 12.3. The number of hydrogen-bond donors (Lipinski definition) is 2. The molecule has 1 saturated heterocycles. The predicted molar refractivity (Wildman–Crippen MR) is 70.6 cm³/mol. The molecule has 1 aromatic carbocycles. The average Bonchev–Trinajstić information content (AvgIpc) is 2.33. The normalized spacial score (nSPS) is 20.2. The number of halogens is 2. The Morgan fingerprint density at radius 2 is 2.29 bits per heavy atom. The lowest BCUT2D eigenvalue weighted by Crippen LogP contribution is -2.27. The third-order valence-corrected chi connectivity index (χ3v) is 3.49. The minimum atomic E-state index is -0.314. The highest BCUT2D eigenvalue weighted by Gasteiger charge is 2.14. The van der Waals surface area contributed by atoms with Crippen LogP contribution < -0.4 is 11.1 Å². The maximum absolute atomic E-state index is 13.4. The summed E-state index contributed by atoms with van der Waals surface area (Å²) in [6.45, 7) is 1.49. The van der Waals surface area contributed by atoms with Crippen LogP contribution in [0.5, 0.6) is 0 Å². The SMILES string of the molecule is Nc1cc(Br)c(F)cc1NCC1CCCCO1. The minimum Gasteiger partial charge on any atom is -0.397 e. The Bertz CT molecular complexity index is 394. The lowest BCUT2D eigenvalue weighted by Gasteiger charge is -2.23. The van der Waals surface area contributed by atoms with Gasteiger partial charge >= 0.3 is 0 Å². The highest BCUT2D eigenvalue weighted by atomic mass is 79.9. The fraction of sp³-hybridized carbons (Fsp3) is 0.500. The van der Waals surface area contributed by atoms with Crippen LogP contribution in [0, 0.1) is 5.82 Å². The van der Waals surface area contributed by atoms with Crippen LogP contribution in [0.2, 0.25) is 0 Å². The van der Waals surface area contributed by atoms with E-state index >= 15 is 0 Å². The lowest BCUT2D eigenvalue weighted by atomic mass is 10.1. The topological polar surface area (TPSA) is 47.3 Å². The van der Waals surface area contributed by atoms with E-state index in [0.29, 0.717) is 22.4 Å². The smallest absolute Gasteiger partial charge is 0.139 e. The quantitative estimate of drug-likeness (QED) is 0.843. The number of ether oxygens (including phenoxy) is 1. The van der Waals surface area contributed by atoms with Gasteiger partial charge < -0.3 is 15.8 Å². The molecule has 0 spiro atoms. The van der Waals surface area contributed by atoms with E-state index in [2.05, 4.69) is 21.2 Å². The Balaban J connectivity index is 1.96. The highest BCUT2D eigenvalue weighted by molar-refractivity contribution is 9.10. The van der Waals surface area contributed by atoms with Crippen molar-refractivity contribution in [3.05, 3.63) is 22.4 Å². The average molecular weight is 303 g/mol. The van der Waals surface area contributed by atoms with Crippen molar-refractivity contribution in [3.8, 4) is 0 Å². The number of nitrogens with one attached hydrogen (secondary N) is 1. The standard InChI is InChI=1S/C12H16BrFN2O/c13-9-5-11(15)12(6-10(9)14)16-7-8-3-1-2-4-17-8/h5-6,8,16H,1-4,7,15H2. The Morgan fingerprint density at radius 1 is 1.47 bits per heavy atom. The molecule has 1 aliphatic rings. The summed E-state index contributed by atoms with van der Waals surface area (Å²) >= 11 is 3.10. The van der Waals surface area contributed by atoms with Crippen LogP contribution in [0.4, 0.5) is 15.8 Å². The van der Waals surface area contributed by atoms with Crippen LogP contribution in [-0.4, -0.2) is 19.3 Å². The maximum atomic E-state index is 13.4. The van der Waals surface area contributed by atoms with Crippen molar-refractivity contribution in [1.82, 2.24) is 0 Å². The van der Waals surface area contributed by atoms with Gasteiger partial charge in [0.1, 0.15) is 5.82 Å². The first kappa shape index (κ1) is 12.6. The van der Waals surface area contributed by atoms with Crippen LogP contribution in [0.15, 0.2) is 16.6 Å². The first-order valence-corrected chi connectivity index (χ1v) is 6.56. The third kappa shape index (κ3) is 3.33. The lowest BCUT2D eigenvalue weighted by molar-refractivity contribution is 0.0248. The number of nitrogen functional groups attached to an aromatic ring is 1. The first-order valence-electron chi connectivity index (χ1n) is 5.77. The molecule has 17 heavy (non-hydrogen) atoms. The van der Waals surface area contributed by atoms with Crippen molar-refractivity contribution >= 4 is 27.3 Å². The van der Waals surface area contributed by atoms with E-state index in [-0.39, 0.29) is 11.9 Å². The maximum Gasteiger partial charge on any atom is 0.139 e. The largest absolute Gasteiger partial charge is 0.397 e. The van der Waals surface area contributed by atoms with Gasteiger partial charge in [-0.3, -0.25) is 0 Å². The summed E-state index contributed by atoms with van der Waals surface area (Å²) in [6.07, 6.45) is 3.57. The second-order valence-electron chi connectivity index (χ2n) is 4.22. The van der Waals surface area contributed by atoms with Crippen LogP contribution in [-0.2, 0) is 4.74 Å². The van der Waals surface area contributed by atoms with Gasteiger partial charge in [0.2, 0.25) is 0 Å². The van der Waals surface area contributed by atoms with Crippen LogP contribution in [0.3, 0.4) is 0 Å². The molecule has 0 bridgehead atoms. The zero-order valence-corrected chi connectivity index (χ0v) is 11.1. The summed E-state index contributed by atoms with van der Waals surface area (Å²) < 4.78 is 19.3. The molecule has 1 heterocycles. The van der Waals surface area contributed by atoms with Gasteiger partial charge in [-0.15, -0.1) is 0 Å². The number of benzene rings is 1. The second kappa shape index (κ2) is 5.69. The Morgan fingerprint density at radius 3 is 3.00 bits per heavy atom. The summed E-state index contributed by atoms with van der Waals surface area (Å²) in [4.78, 5) is 0. The van der Waals surface area contributed by atoms with E-state index in [4.69, 9.17) is 10.5 Å². The van der Waals surface area contributed by atoms with Crippen LogP contribution >= 0.6 is 15.9 Å². The van der Waals surface area contributed by atoms with Crippen molar-refractivity contribution in [3.63, 3.8) is 0 Å². The summed E-state index contributed by atoms with van der Waals surface area (Å²) in [5.41, 5.74) is 6.97. The van der Waals surface area contributed by atoms with Crippen molar-refractivity contribution < 1.29 is 9.13 Å². The monoisotopic (exact) mass is 302 g/mol. The fourth-order valence-corrected chi connectivity index (χ4v) is 2.27. The van der Waals surface area contributed by atoms with Gasteiger partial charge in [-0.2, -0.15) is 0 Å². The van der Waals surface area contributed by atoms with Crippen LogP contribution in [0.1, 0.15) is 19.3 Å². The molecule has 3 nitrogen and oxygen atoms in total. The zero-order valence-electron chi connectivity index (χ0n) is 9.51. The summed E-state index contributed by atoms with van der Waals surface area (Å²) in [5.74, 6) is -0.314. The minimum absolute atomic E-state index is 0.204. The van der Waals surface area contributed by atoms with E-state index in [1.807, 2.05) is 0 Å². The summed E-state index contributed by atoms with van der Waals surface area (Å²) in [5, 5.41) is 3.14. The molecule has 1 aromatic rings. The molecular weight excluding hydrogens is 287 g/mol. The Kier molecular flexibility index (Phi) is 4.23. The van der Waals surface area contributed by atoms with Gasteiger partial charge in [-0.25, -0.2) is 4.39 Å². The van der Waals surface area contributed by atoms with Crippen molar-refractivity contribution in [1.29, 1.82) is 0 Å². The van der Waals surface area contributed by atoms with Crippen molar-refractivity contribution in [2.75, 3.05) is 24.2 Å². The molecule has 0 aliphatic carbocycles. The van der Waals surface area contributed by atoms with Gasteiger partial charge in [-0.05, 0) is 41.3 Å². The number of rotatable bonds is 3. The number of anilines is 2. The van der Waals surface area contributed by atoms with E-state index < -0.39 is 0 Å². The summed E-state index contributed by atoms with van der Waals surface area (Å²) in [6, 6.07) is 2.97. The Labute approximate surface area is 109 Å². The van der Waals surface area contributed by atoms with Gasteiger partial charge in [0.05, 0.1) is 22.0 Å². The predicted octanol–water partition coefficient (Wildman–Crippen LogP) is 3.15. The van der Waals surface area contributed by atoms with E-state index in [0.717, 1.165) is 19.4 Å². The second-order valence-corrected chi connectivity index (χ2v) is 5.08. The molecule has 5 heteroatoms. The third-order valence-electron chi connectivity index (χ3n) is 2.89. The molecule has 0 radical (unpaired) electrons. The molecule has 94 valence electrons. The molecule has 3 N–H and O–H groups in total. The van der Waals surface area contributed by atoms with Gasteiger partial charge in [-0.1, -0.05) is 0 Å². The van der Waals surface area contributed by atoms with E-state index in [1.54, 1.807) is 6.07 Å². The van der Waals surface area contributed by atoms with Gasteiger partial charge in [0.25, 0.3) is 0 Å². The molecule has 1 unspecified atom stereocenters. The van der Waals surface area contributed by atoms with E-state index in [1.165, 1.54) is 12.5 Å². The molecule has 0 aromatic heterocycles. The molecular formula is C12H16BrFN2O. The first-order chi connectivity index (χ1) is 8.16. The van der Waals surface area contributed by atoms with Crippen molar-refractivity contribution in [2.45, 2.75) is 25.4 Å². The molecule has 0 amide bonds. The van der Waals surface area contributed by atoms with Gasteiger partial charge in [0.15, 0.2) is 0 Å². The molecule has 1 aliphatic heterocycles. The molecule has 1 fully saturated rings. The molecule has 2 rings (SSSR count). The van der Waals surface area contributed by atoms with Crippen molar-refractivity contribution in [2.24, 2.45) is 0 Å².